The van der Waals surface area contributed by atoms with Gasteiger partial charge in [0.25, 0.3) is 5.69 Å². The highest BCUT2D eigenvalue weighted by molar-refractivity contribution is 5.43. The van der Waals surface area contributed by atoms with E-state index in [9.17, 15) is 10.1 Å². The first kappa shape index (κ1) is 15.0. The van der Waals surface area contributed by atoms with Gasteiger partial charge in [-0.2, -0.15) is 0 Å². The molecule has 1 saturated carbocycles. The summed E-state index contributed by atoms with van der Waals surface area (Å²) in [5, 5.41) is 14.5. The van der Waals surface area contributed by atoms with Gasteiger partial charge in [-0.3, -0.25) is 10.1 Å². The topological polar surface area (TPSA) is 55.2 Å². The zero-order valence-corrected chi connectivity index (χ0v) is 12.6. The zero-order chi connectivity index (χ0) is 14.8. The summed E-state index contributed by atoms with van der Waals surface area (Å²) in [6.45, 7) is 7.10. The van der Waals surface area contributed by atoms with E-state index in [4.69, 9.17) is 0 Å². The van der Waals surface area contributed by atoms with Gasteiger partial charge < -0.3 is 5.32 Å². The molecule has 1 unspecified atom stereocenters. The highest BCUT2D eigenvalue weighted by Gasteiger charge is 2.41. The number of hydrogen-bond donors (Lipinski definition) is 1. The Hall–Kier alpha value is -1.42. The molecule has 0 aromatic heterocycles. The van der Waals surface area contributed by atoms with Gasteiger partial charge in [-0.25, -0.2) is 0 Å². The maximum absolute atomic E-state index is 11.0. The quantitative estimate of drug-likeness (QED) is 0.601. The number of nitrogens with zero attached hydrogens (tertiary/aromatic N) is 1. The molecule has 1 aromatic rings. The molecule has 0 radical (unpaired) electrons. The molecule has 0 saturated heterocycles. The molecule has 1 aromatic carbocycles. The van der Waals surface area contributed by atoms with Gasteiger partial charge in [0, 0.05) is 24.2 Å². The summed E-state index contributed by atoms with van der Waals surface area (Å²) in [6, 6.07) is 5.68. The Morgan fingerprint density at radius 3 is 2.70 bits per heavy atom. The summed E-state index contributed by atoms with van der Waals surface area (Å²) in [6.07, 6.45) is 5.13. The second-order valence-corrected chi connectivity index (χ2v) is 6.16. The van der Waals surface area contributed by atoms with E-state index in [1.165, 1.54) is 25.7 Å². The largest absolute Gasteiger partial charge is 0.310 e. The summed E-state index contributed by atoms with van der Waals surface area (Å²) in [7, 11) is 0. The zero-order valence-electron chi connectivity index (χ0n) is 12.6. The molecule has 1 N–H and O–H groups in total. The molecule has 1 atom stereocenters. The molecule has 0 aliphatic heterocycles. The lowest BCUT2D eigenvalue weighted by Crippen LogP contribution is -2.26. The van der Waals surface area contributed by atoms with Crippen LogP contribution in [0.5, 0.6) is 0 Å². The molecule has 20 heavy (non-hydrogen) atoms. The Morgan fingerprint density at radius 1 is 1.45 bits per heavy atom. The van der Waals surface area contributed by atoms with Crippen molar-refractivity contribution in [1.82, 2.24) is 5.32 Å². The maximum Gasteiger partial charge on any atom is 0.272 e. The van der Waals surface area contributed by atoms with E-state index in [2.05, 4.69) is 19.2 Å². The third-order valence-electron chi connectivity index (χ3n) is 4.45. The number of nitro benzene ring substituents is 1. The molecular formula is C16H24N2O2. The number of hydrogen-bond acceptors (Lipinski definition) is 3. The fourth-order valence-electron chi connectivity index (χ4n) is 2.80. The van der Waals surface area contributed by atoms with Crippen molar-refractivity contribution in [1.29, 1.82) is 0 Å². The fourth-order valence-corrected chi connectivity index (χ4v) is 2.80. The van der Waals surface area contributed by atoms with Crippen molar-refractivity contribution in [3.05, 3.63) is 39.4 Å². The molecule has 110 valence electrons. The smallest absolute Gasteiger partial charge is 0.272 e. The number of rotatable bonds is 7. The van der Waals surface area contributed by atoms with Crippen molar-refractivity contribution in [2.75, 3.05) is 6.54 Å². The predicted octanol–water partition coefficient (Wildman–Crippen LogP) is 4.13. The Morgan fingerprint density at radius 2 is 2.15 bits per heavy atom. The van der Waals surface area contributed by atoms with E-state index < -0.39 is 0 Å². The van der Waals surface area contributed by atoms with Crippen molar-refractivity contribution in [2.45, 2.75) is 52.5 Å². The van der Waals surface area contributed by atoms with Crippen LogP contribution >= 0.6 is 0 Å². The summed E-state index contributed by atoms with van der Waals surface area (Å²) in [5.41, 5.74) is 2.43. The molecule has 0 heterocycles. The van der Waals surface area contributed by atoms with Crippen LogP contribution in [0.15, 0.2) is 18.2 Å². The highest BCUT2D eigenvalue weighted by Crippen LogP contribution is 2.49. The van der Waals surface area contributed by atoms with Crippen LogP contribution in [0.1, 0.15) is 56.7 Å². The first-order chi connectivity index (χ1) is 9.47. The maximum atomic E-state index is 11.0. The van der Waals surface area contributed by atoms with Gasteiger partial charge in [-0.15, -0.1) is 0 Å². The second kappa shape index (κ2) is 5.92. The van der Waals surface area contributed by atoms with Crippen LogP contribution in [0.25, 0.3) is 0 Å². The van der Waals surface area contributed by atoms with Gasteiger partial charge in [0.2, 0.25) is 0 Å². The number of aryl methyl sites for hydroxylation is 1. The van der Waals surface area contributed by atoms with Gasteiger partial charge >= 0.3 is 0 Å². The van der Waals surface area contributed by atoms with Gasteiger partial charge in [-0.1, -0.05) is 25.5 Å². The minimum atomic E-state index is -0.301. The van der Waals surface area contributed by atoms with Crippen LogP contribution in [-0.4, -0.2) is 11.5 Å². The van der Waals surface area contributed by atoms with Gasteiger partial charge in [0.05, 0.1) is 4.92 Å². The average molecular weight is 276 g/mol. The van der Waals surface area contributed by atoms with Gasteiger partial charge in [-0.05, 0) is 44.1 Å². The minimum absolute atomic E-state index is 0.156. The van der Waals surface area contributed by atoms with Gasteiger partial charge in [0.1, 0.15) is 0 Å². The van der Waals surface area contributed by atoms with E-state index in [1.807, 2.05) is 12.1 Å². The molecule has 1 aliphatic rings. The molecule has 1 aliphatic carbocycles. The van der Waals surface area contributed by atoms with Crippen LogP contribution in [0.2, 0.25) is 0 Å². The Labute approximate surface area is 120 Å². The standard InChI is InChI=1S/C16H24N2O2/c1-4-7-16(8-9-16)11-17-13(3)14-6-5-12(2)15(10-14)18(19)20/h5-6,10,13,17H,4,7-9,11H2,1-3H3. The number of benzene rings is 1. The van der Waals surface area contributed by atoms with E-state index in [0.29, 0.717) is 5.41 Å². The van der Waals surface area contributed by atoms with Gasteiger partial charge in [0.15, 0.2) is 0 Å². The normalized spacial score (nSPS) is 17.8. The van der Waals surface area contributed by atoms with Crippen LogP contribution < -0.4 is 5.32 Å². The van der Waals surface area contributed by atoms with Crippen molar-refractivity contribution < 1.29 is 4.92 Å². The first-order valence-electron chi connectivity index (χ1n) is 7.46. The summed E-state index contributed by atoms with van der Waals surface area (Å²) >= 11 is 0. The molecule has 2 rings (SSSR count). The van der Waals surface area contributed by atoms with Crippen LogP contribution in [0, 0.1) is 22.5 Å². The SMILES string of the molecule is CCCC1(CNC(C)c2ccc(C)c([N+](=O)[O-])c2)CC1. The van der Waals surface area contributed by atoms with Crippen molar-refractivity contribution in [2.24, 2.45) is 5.41 Å². The van der Waals surface area contributed by atoms with Crippen LogP contribution in [0.4, 0.5) is 5.69 Å². The molecular weight excluding hydrogens is 252 g/mol. The van der Waals surface area contributed by atoms with E-state index in [1.54, 1.807) is 13.0 Å². The van der Waals surface area contributed by atoms with Crippen molar-refractivity contribution in [3.8, 4) is 0 Å². The highest BCUT2D eigenvalue weighted by atomic mass is 16.6. The van der Waals surface area contributed by atoms with Crippen LogP contribution in [0.3, 0.4) is 0 Å². The number of nitrogens with one attached hydrogen (secondary N) is 1. The number of nitro groups is 1. The monoisotopic (exact) mass is 276 g/mol. The Balaban J connectivity index is 2.00. The van der Waals surface area contributed by atoms with E-state index >= 15 is 0 Å². The summed E-state index contributed by atoms with van der Waals surface area (Å²) in [4.78, 5) is 10.7. The Kier molecular flexibility index (Phi) is 4.43. The first-order valence-corrected chi connectivity index (χ1v) is 7.46. The predicted molar refractivity (Wildman–Crippen MR) is 80.8 cm³/mol. The van der Waals surface area contributed by atoms with E-state index in [-0.39, 0.29) is 16.7 Å². The molecule has 1 fully saturated rings. The van der Waals surface area contributed by atoms with E-state index in [0.717, 1.165) is 17.7 Å². The van der Waals surface area contributed by atoms with Crippen LogP contribution in [-0.2, 0) is 0 Å². The van der Waals surface area contributed by atoms with Crippen molar-refractivity contribution in [3.63, 3.8) is 0 Å². The average Bonchev–Trinajstić information content (AvgIpc) is 3.17. The molecule has 0 bridgehead atoms. The lowest BCUT2D eigenvalue weighted by Gasteiger charge is -2.20. The third-order valence-corrected chi connectivity index (χ3v) is 4.45. The molecule has 4 nitrogen and oxygen atoms in total. The van der Waals surface area contributed by atoms with Crippen molar-refractivity contribution >= 4 is 5.69 Å². The molecule has 4 heteroatoms. The summed E-state index contributed by atoms with van der Waals surface area (Å²) < 4.78 is 0. The molecule has 0 amide bonds. The lowest BCUT2D eigenvalue weighted by molar-refractivity contribution is -0.385. The lowest BCUT2D eigenvalue weighted by atomic mass is 9.99. The molecule has 0 spiro atoms. The third kappa shape index (κ3) is 3.37. The minimum Gasteiger partial charge on any atom is -0.310 e. The fraction of sp³-hybridized carbons (Fsp3) is 0.625. The summed E-state index contributed by atoms with van der Waals surface area (Å²) in [5.74, 6) is 0. The second-order valence-electron chi connectivity index (χ2n) is 6.16. The Bertz CT molecular complexity index is 495.